The fourth-order valence-corrected chi connectivity index (χ4v) is 2.49. The van der Waals surface area contributed by atoms with Crippen LogP contribution in [0.3, 0.4) is 0 Å². The summed E-state index contributed by atoms with van der Waals surface area (Å²) in [5.41, 5.74) is 3.51. The van der Waals surface area contributed by atoms with Crippen molar-refractivity contribution < 1.29 is 8.98 Å². The zero-order valence-electron chi connectivity index (χ0n) is 14.2. The van der Waals surface area contributed by atoms with Crippen molar-refractivity contribution in [3.8, 4) is 22.8 Å². The van der Waals surface area contributed by atoms with Crippen molar-refractivity contribution in [2.24, 2.45) is 0 Å². The van der Waals surface area contributed by atoms with Gasteiger partial charge in [-0.2, -0.15) is 0 Å². The van der Waals surface area contributed by atoms with E-state index in [0.29, 0.717) is 5.89 Å². The molecule has 0 spiro atoms. The smallest absolute Gasteiger partial charge is 0.227 e. The van der Waals surface area contributed by atoms with Crippen LogP contribution in [0, 0.1) is 0 Å². The van der Waals surface area contributed by atoms with E-state index in [2.05, 4.69) is 61.5 Å². The van der Waals surface area contributed by atoms with E-state index >= 15 is 0 Å². The second kappa shape index (κ2) is 5.99. The van der Waals surface area contributed by atoms with Gasteiger partial charge in [0.05, 0.1) is 6.20 Å². The van der Waals surface area contributed by atoms with E-state index in [9.17, 15) is 0 Å². The number of benzene rings is 1. The van der Waals surface area contributed by atoms with E-state index in [1.807, 2.05) is 24.5 Å². The Morgan fingerprint density at radius 1 is 0.957 bits per heavy atom. The van der Waals surface area contributed by atoms with E-state index in [-0.39, 0.29) is 5.41 Å². The molecule has 2 heterocycles. The standard InChI is InChI=1S/C20H23N2O/c1-5-22-12-10-16(11-13-22)19-21-14-18(23-19)15-6-8-17(9-7-15)20(2,3)4/h6-14H,5H2,1-4H3/q+1. The molecule has 23 heavy (non-hydrogen) atoms. The first-order valence-electron chi connectivity index (χ1n) is 8.03. The zero-order chi connectivity index (χ0) is 16.4. The molecule has 3 heteroatoms. The molecule has 3 aromatic rings. The Labute approximate surface area is 137 Å². The van der Waals surface area contributed by atoms with Crippen LogP contribution in [0.4, 0.5) is 0 Å². The van der Waals surface area contributed by atoms with E-state index < -0.39 is 0 Å². The van der Waals surface area contributed by atoms with Crippen molar-refractivity contribution in [1.29, 1.82) is 0 Å². The summed E-state index contributed by atoms with van der Waals surface area (Å²) in [7, 11) is 0. The molecule has 0 bridgehead atoms. The van der Waals surface area contributed by atoms with Crippen LogP contribution >= 0.6 is 0 Å². The van der Waals surface area contributed by atoms with Gasteiger partial charge in [-0.3, -0.25) is 0 Å². The van der Waals surface area contributed by atoms with Gasteiger partial charge >= 0.3 is 0 Å². The predicted molar refractivity (Wildman–Crippen MR) is 91.9 cm³/mol. The molecule has 0 fully saturated rings. The summed E-state index contributed by atoms with van der Waals surface area (Å²) in [6.45, 7) is 9.72. The van der Waals surface area contributed by atoms with Crippen molar-refractivity contribution in [1.82, 2.24) is 4.98 Å². The van der Waals surface area contributed by atoms with Crippen molar-refractivity contribution in [2.45, 2.75) is 39.7 Å². The van der Waals surface area contributed by atoms with Crippen molar-refractivity contribution >= 4 is 0 Å². The fraction of sp³-hybridized carbons (Fsp3) is 0.300. The lowest BCUT2D eigenvalue weighted by molar-refractivity contribution is -0.693. The maximum absolute atomic E-state index is 5.93. The Morgan fingerprint density at radius 3 is 2.17 bits per heavy atom. The van der Waals surface area contributed by atoms with Crippen LogP contribution in [0.2, 0.25) is 0 Å². The van der Waals surface area contributed by atoms with Crippen LogP contribution in [-0.4, -0.2) is 4.98 Å². The Bertz CT molecular complexity index is 778. The Kier molecular flexibility index (Phi) is 4.03. The number of aryl methyl sites for hydroxylation is 1. The fourth-order valence-electron chi connectivity index (χ4n) is 2.49. The van der Waals surface area contributed by atoms with Gasteiger partial charge in [0.15, 0.2) is 18.2 Å². The van der Waals surface area contributed by atoms with Gasteiger partial charge in [-0.15, -0.1) is 0 Å². The molecule has 3 nitrogen and oxygen atoms in total. The van der Waals surface area contributed by atoms with E-state index in [1.54, 1.807) is 6.20 Å². The summed E-state index contributed by atoms with van der Waals surface area (Å²) in [5.74, 6) is 1.45. The van der Waals surface area contributed by atoms with Gasteiger partial charge in [0.2, 0.25) is 5.89 Å². The molecular formula is C20H23N2O+. The minimum atomic E-state index is 0.157. The monoisotopic (exact) mass is 307 g/mol. The number of rotatable bonds is 3. The first-order chi connectivity index (χ1) is 11.0. The quantitative estimate of drug-likeness (QED) is 0.661. The number of oxazole rings is 1. The highest BCUT2D eigenvalue weighted by atomic mass is 16.4. The highest BCUT2D eigenvalue weighted by Gasteiger charge is 2.14. The summed E-state index contributed by atoms with van der Waals surface area (Å²) < 4.78 is 8.04. The topological polar surface area (TPSA) is 29.9 Å². The summed E-state index contributed by atoms with van der Waals surface area (Å²) in [5, 5.41) is 0. The molecule has 0 aliphatic rings. The third-order valence-electron chi connectivity index (χ3n) is 4.04. The lowest BCUT2D eigenvalue weighted by Crippen LogP contribution is -2.30. The van der Waals surface area contributed by atoms with Gasteiger partial charge in [0.25, 0.3) is 0 Å². The number of hydrogen-bond acceptors (Lipinski definition) is 2. The third-order valence-corrected chi connectivity index (χ3v) is 4.04. The number of hydrogen-bond donors (Lipinski definition) is 0. The average molecular weight is 307 g/mol. The minimum absolute atomic E-state index is 0.157. The Morgan fingerprint density at radius 2 is 1.61 bits per heavy atom. The van der Waals surface area contributed by atoms with Crippen LogP contribution in [-0.2, 0) is 12.0 Å². The van der Waals surface area contributed by atoms with Gasteiger partial charge < -0.3 is 4.42 Å². The molecule has 118 valence electrons. The molecule has 0 radical (unpaired) electrons. The predicted octanol–water partition coefficient (Wildman–Crippen LogP) is 4.61. The lowest BCUT2D eigenvalue weighted by Gasteiger charge is -2.18. The number of pyridine rings is 1. The first kappa shape index (κ1) is 15.5. The average Bonchev–Trinajstić information content (AvgIpc) is 3.04. The normalized spacial score (nSPS) is 11.7. The van der Waals surface area contributed by atoms with Crippen molar-refractivity contribution in [2.75, 3.05) is 0 Å². The van der Waals surface area contributed by atoms with Gasteiger partial charge in [0, 0.05) is 23.3 Å². The first-order valence-corrected chi connectivity index (χ1v) is 8.03. The Hall–Kier alpha value is -2.42. The second-order valence-corrected chi connectivity index (χ2v) is 6.77. The molecule has 3 rings (SSSR count). The van der Waals surface area contributed by atoms with Crippen LogP contribution < -0.4 is 4.57 Å². The maximum atomic E-state index is 5.93. The molecule has 0 atom stereocenters. The zero-order valence-corrected chi connectivity index (χ0v) is 14.2. The lowest BCUT2D eigenvalue weighted by atomic mass is 9.86. The molecule has 0 aliphatic heterocycles. The second-order valence-electron chi connectivity index (χ2n) is 6.77. The van der Waals surface area contributed by atoms with Crippen molar-refractivity contribution in [3.05, 3.63) is 60.6 Å². The number of nitrogens with zero attached hydrogens (tertiary/aromatic N) is 2. The molecule has 1 aromatic carbocycles. The molecule has 0 N–H and O–H groups in total. The largest absolute Gasteiger partial charge is 0.436 e. The molecule has 0 saturated carbocycles. The summed E-state index contributed by atoms with van der Waals surface area (Å²) in [4.78, 5) is 4.41. The summed E-state index contributed by atoms with van der Waals surface area (Å²) in [6.07, 6.45) is 5.87. The molecule has 0 amide bonds. The van der Waals surface area contributed by atoms with E-state index in [1.165, 1.54) is 5.56 Å². The number of aromatic nitrogens is 2. The van der Waals surface area contributed by atoms with Crippen LogP contribution in [0.15, 0.2) is 59.4 Å². The summed E-state index contributed by atoms with van der Waals surface area (Å²) in [6, 6.07) is 12.6. The SMILES string of the molecule is CC[n+]1ccc(-c2ncc(-c3ccc(C(C)(C)C)cc3)o2)cc1. The molecular weight excluding hydrogens is 284 g/mol. The minimum Gasteiger partial charge on any atom is -0.436 e. The van der Waals surface area contributed by atoms with Gasteiger partial charge in [-0.1, -0.05) is 45.0 Å². The molecule has 0 aliphatic carbocycles. The van der Waals surface area contributed by atoms with Crippen LogP contribution in [0.1, 0.15) is 33.3 Å². The third kappa shape index (κ3) is 3.34. The molecule has 0 unspecified atom stereocenters. The van der Waals surface area contributed by atoms with Crippen molar-refractivity contribution in [3.63, 3.8) is 0 Å². The van der Waals surface area contributed by atoms with E-state index in [4.69, 9.17) is 4.42 Å². The van der Waals surface area contributed by atoms with Gasteiger partial charge in [0.1, 0.15) is 6.54 Å². The molecule has 2 aromatic heterocycles. The van der Waals surface area contributed by atoms with Crippen LogP contribution in [0.25, 0.3) is 22.8 Å². The highest BCUT2D eigenvalue weighted by molar-refractivity contribution is 5.61. The maximum Gasteiger partial charge on any atom is 0.227 e. The molecule has 0 saturated heterocycles. The van der Waals surface area contributed by atoms with Gasteiger partial charge in [-0.05, 0) is 17.9 Å². The van der Waals surface area contributed by atoms with Crippen LogP contribution in [0.5, 0.6) is 0 Å². The summed E-state index contributed by atoms with van der Waals surface area (Å²) >= 11 is 0. The van der Waals surface area contributed by atoms with Gasteiger partial charge in [-0.25, -0.2) is 9.55 Å². The highest BCUT2D eigenvalue weighted by Crippen LogP contribution is 2.28. The van der Waals surface area contributed by atoms with E-state index in [0.717, 1.165) is 23.4 Å². The Balaban J connectivity index is 1.86.